The first kappa shape index (κ1) is 26.6. The van der Waals surface area contributed by atoms with Crippen LogP contribution in [-0.4, -0.2) is 24.1 Å². The van der Waals surface area contributed by atoms with E-state index in [4.69, 9.17) is 15.0 Å². The lowest BCUT2D eigenvalue weighted by Gasteiger charge is -2.12. The van der Waals surface area contributed by atoms with Crippen molar-refractivity contribution in [1.82, 2.24) is 24.1 Å². The largest absolute Gasteiger partial charge is 0.309 e. The molecule has 224 valence electrons. The maximum atomic E-state index is 5.12. The van der Waals surface area contributed by atoms with Crippen molar-refractivity contribution in [2.75, 3.05) is 0 Å². The highest BCUT2D eigenvalue weighted by Crippen LogP contribution is 2.42. The van der Waals surface area contributed by atoms with Crippen molar-refractivity contribution in [3.8, 4) is 34.4 Å². The summed E-state index contributed by atoms with van der Waals surface area (Å²) in [6.07, 6.45) is 0. The van der Waals surface area contributed by atoms with Crippen LogP contribution in [0.5, 0.6) is 0 Å². The monoisotopic (exact) mass is 613 g/mol. The molecule has 5 heteroatoms. The summed E-state index contributed by atoms with van der Waals surface area (Å²) in [5, 5.41) is 7.21. The van der Waals surface area contributed by atoms with Gasteiger partial charge in [0, 0.05) is 43.7 Å². The Morgan fingerprint density at radius 1 is 0.333 bits per heavy atom. The summed E-state index contributed by atoms with van der Waals surface area (Å²) in [5.74, 6) is 1.87. The van der Waals surface area contributed by atoms with E-state index in [1.165, 1.54) is 38.0 Å². The van der Waals surface area contributed by atoms with Crippen LogP contribution in [0.1, 0.15) is 0 Å². The Morgan fingerprint density at radius 2 is 0.833 bits per heavy atom. The molecular formula is C43H27N5. The normalized spacial score (nSPS) is 11.8. The van der Waals surface area contributed by atoms with Crippen LogP contribution in [0.2, 0.25) is 0 Å². The van der Waals surface area contributed by atoms with Gasteiger partial charge in [-0.15, -0.1) is 0 Å². The quantitative estimate of drug-likeness (QED) is 0.198. The van der Waals surface area contributed by atoms with Gasteiger partial charge in [-0.25, -0.2) is 4.98 Å². The number of benzene rings is 7. The molecule has 0 aliphatic rings. The molecule has 5 nitrogen and oxygen atoms in total. The number of aromatic nitrogens is 5. The van der Waals surface area contributed by atoms with Gasteiger partial charge in [-0.05, 0) is 35.7 Å². The molecule has 0 saturated heterocycles. The minimum Gasteiger partial charge on any atom is -0.309 e. The number of hydrogen-bond donors (Lipinski definition) is 0. The standard InChI is InChI=1S/C43H27N5/c1-4-14-28(15-5-1)41-44-42(29-16-6-2-7-17-29)46-43(45-41)48-37-23-13-11-21-35(37)39-32-24-25-33-31-20-10-12-22-36(31)47(30-18-8-3-9-19-30)40(33)34(32)26-27-38(39)48/h1-27H. The molecule has 7 aromatic carbocycles. The van der Waals surface area contributed by atoms with Crippen molar-refractivity contribution in [2.24, 2.45) is 0 Å². The fraction of sp³-hybridized carbons (Fsp3) is 0. The Labute approximate surface area is 276 Å². The number of para-hydroxylation sites is 3. The van der Waals surface area contributed by atoms with Crippen molar-refractivity contribution in [3.63, 3.8) is 0 Å². The Morgan fingerprint density at radius 3 is 1.50 bits per heavy atom. The molecule has 0 N–H and O–H groups in total. The maximum absolute atomic E-state index is 5.12. The van der Waals surface area contributed by atoms with Crippen LogP contribution in [-0.2, 0) is 0 Å². The molecule has 10 aromatic rings. The second-order valence-electron chi connectivity index (χ2n) is 12.1. The van der Waals surface area contributed by atoms with E-state index in [1.807, 2.05) is 60.7 Å². The van der Waals surface area contributed by atoms with E-state index in [2.05, 4.69) is 112 Å². The lowest BCUT2D eigenvalue weighted by molar-refractivity contribution is 0.953. The predicted octanol–water partition coefficient (Wildman–Crippen LogP) is 10.6. The SMILES string of the molecule is c1ccc(-c2nc(-c3ccccc3)nc(-n3c4ccccc4c4c5ccc6c7ccccc7n(-c7ccccc7)c6c5ccc43)n2)cc1. The van der Waals surface area contributed by atoms with Crippen LogP contribution in [0.4, 0.5) is 0 Å². The van der Waals surface area contributed by atoms with Crippen LogP contribution in [0.15, 0.2) is 164 Å². The van der Waals surface area contributed by atoms with Gasteiger partial charge in [0.05, 0.1) is 22.1 Å². The van der Waals surface area contributed by atoms with Gasteiger partial charge in [0.25, 0.3) is 0 Å². The molecule has 0 fully saturated rings. The highest BCUT2D eigenvalue weighted by Gasteiger charge is 2.21. The average molecular weight is 614 g/mol. The van der Waals surface area contributed by atoms with E-state index >= 15 is 0 Å². The molecule has 0 spiro atoms. The molecule has 0 aliphatic heterocycles. The molecule has 0 radical (unpaired) electrons. The van der Waals surface area contributed by atoms with E-state index in [0.29, 0.717) is 17.6 Å². The molecule has 0 unspecified atom stereocenters. The number of nitrogens with zero attached hydrogens (tertiary/aromatic N) is 5. The predicted molar refractivity (Wildman–Crippen MR) is 197 cm³/mol. The van der Waals surface area contributed by atoms with Crippen LogP contribution in [0.3, 0.4) is 0 Å². The van der Waals surface area contributed by atoms with E-state index < -0.39 is 0 Å². The lowest BCUT2D eigenvalue weighted by atomic mass is 10.0. The molecule has 0 atom stereocenters. The maximum Gasteiger partial charge on any atom is 0.238 e. The summed E-state index contributed by atoms with van der Waals surface area (Å²) in [4.78, 5) is 15.2. The van der Waals surface area contributed by atoms with Crippen molar-refractivity contribution >= 4 is 54.4 Å². The smallest absolute Gasteiger partial charge is 0.238 e. The van der Waals surface area contributed by atoms with Gasteiger partial charge in [0.15, 0.2) is 11.6 Å². The van der Waals surface area contributed by atoms with E-state index in [0.717, 1.165) is 33.2 Å². The molecule has 0 bridgehead atoms. The van der Waals surface area contributed by atoms with Gasteiger partial charge < -0.3 is 4.57 Å². The van der Waals surface area contributed by atoms with Gasteiger partial charge in [-0.3, -0.25) is 4.57 Å². The van der Waals surface area contributed by atoms with Crippen molar-refractivity contribution in [3.05, 3.63) is 164 Å². The summed E-state index contributed by atoms with van der Waals surface area (Å²) in [6.45, 7) is 0. The number of fused-ring (bicyclic) bond motifs is 9. The zero-order valence-corrected chi connectivity index (χ0v) is 25.8. The minimum absolute atomic E-state index is 0.590. The van der Waals surface area contributed by atoms with E-state index in [-0.39, 0.29) is 0 Å². The van der Waals surface area contributed by atoms with E-state index in [1.54, 1.807) is 0 Å². The Bertz CT molecular complexity index is 2760. The van der Waals surface area contributed by atoms with Gasteiger partial charge in [0.2, 0.25) is 5.95 Å². The Kier molecular flexibility index (Phi) is 5.81. The summed E-state index contributed by atoms with van der Waals surface area (Å²) in [7, 11) is 0. The van der Waals surface area contributed by atoms with Crippen molar-refractivity contribution < 1.29 is 0 Å². The van der Waals surface area contributed by atoms with Gasteiger partial charge in [-0.1, -0.05) is 133 Å². The van der Waals surface area contributed by atoms with Crippen molar-refractivity contribution in [2.45, 2.75) is 0 Å². The molecule has 48 heavy (non-hydrogen) atoms. The average Bonchev–Trinajstić information content (AvgIpc) is 3.69. The summed E-state index contributed by atoms with van der Waals surface area (Å²) >= 11 is 0. The molecule has 10 rings (SSSR count). The van der Waals surface area contributed by atoms with Gasteiger partial charge in [0.1, 0.15) is 0 Å². The number of rotatable bonds is 4. The van der Waals surface area contributed by atoms with E-state index in [9.17, 15) is 0 Å². The molecule has 0 aliphatic carbocycles. The van der Waals surface area contributed by atoms with Crippen molar-refractivity contribution in [1.29, 1.82) is 0 Å². The minimum atomic E-state index is 0.590. The fourth-order valence-electron chi connectivity index (χ4n) is 7.29. The summed E-state index contributed by atoms with van der Waals surface area (Å²) in [6, 6.07) is 57.3. The van der Waals surface area contributed by atoms with Crippen LogP contribution >= 0.6 is 0 Å². The molecular weight excluding hydrogens is 587 g/mol. The lowest BCUT2D eigenvalue weighted by Crippen LogP contribution is -2.06. The second-order valence-corrected chi connectivity index (χ2v) is 12.1. The van der Waals surface area contributed by atoms with Gasteiger partial charge in [-0.2, -0.15) is 9.97 Å². The van der Waals surface area contributed by atoms with Crippen LogP contribution in [0, 0.1) is 0 Å². The van der Waals surface area contributed by atoms with Crippen LogP contribution < -0.4 is 0 Å². The number of hydrogen-bond acceptors (Lipinski definition) is 3. The first-order valence-electron chi connectivity index (χ1n) is 16.1. The molecule has 0 amide bonds. The third-order valence-corrected chi connectivity index (χ3v) is 9.37. The van der Waals surface area contributed by atoms with Crippen LogP contribution in [0.25, 0.3) is 88.8 Å². The fourth-order valence-corrected chi connectivity index (χ4v) is 7.29. The molecule has 0 saturated carbocycles. The summed E-state index contributed by atoms with van der Waals surface area (Å²) < 4.78 is 4.60. The third kappa shape index (κ3) is 3.94. The van der Waals surface area contributed by atoms with Gasteiger partial charge >= 0.3 is 0 Å². The molecule has 3 aromatic heterocycles. The topological polar surface area (TPSA) is 48.5 Å². The highest BCUT2D eigenvalue weighted by atomic mass is 15.2. The summed E-state index contributed by atoms with van der Waals surface area (Å²) in [5.41, 5.74) is 7.53. The zero-order valence-electron chi connectivity index (χ0n) is 25.8. The Balaban J connectivity index is 1.32. The zero-order chi connectivity index (χ0) is 31.6. The third-order valence-electron chi connectivity index (χ3n) is 9.37. The Hall–Kier alpha value is -6.59. The highest BCUT2D eigenvalue weighted by molar-refractivity contribution is 6.27. The first-order chi connectivity index (χ1) is 23.8. The molecule has 3 heterocycles. The second kappa shape index (κ2) is 10.5. The first-order valence-corrected chi connectivity index (χ1v) is 16.1.